The minimum atomic E-state index is 0.0166. The second-order valence-corrected chi connectivity index (χ2v) is 9.14. The maximum atomic E-state index is 5.84. The number of rotatable bonds is 5. The molecular formula is C25H29N5S. The Hall–Kier alpha value is -2.73. The van der Waals surface area contributed by atoms with E-state index in [0.29, 0.717) is 6.04 Å². The molecule has 31 heavy (non-hydrogen) atoms. The number of hydrogen-bond acceptors (Lipinski definition) is 3. The highest BCUT2D eigenvalue weighted by atomic mass is 32.1. The Morgan fingerprint density at radius 2 is 1.94 bits per heavy atom. The van der Waals surface area contributed by atoms with Crippen molar-refractivity contribution in [2.24, 2.45) is 0 Å². The molecule has 1 N–H and O–H groups in total. The first-order chi connectivity index (χ1) is 15.1. The van der Waals surface area contributed by atoms with Crippen molar-refractivity contribution in [2.45, 2.75) is 64.2 Å². The summed E-state index contributed by atoms with van der Waals surface area (Å²) in [5.41, 5.74) is 6.23. The van der Waals surface area contributed by atoms with E-state index in [1.54, 1.807) is 0 Å². The topological polar surface area (TPSA) is 46.0 Å². The molecule has 0 amide bonds. The summed E-state index contributed by atoms with van der Waals surface area (Å²) in [7, 11) is 0. The Balaban J connectivity index is 1.58. The Morgan fingerprint density at radius 1 is 1.10 bits per heavy atom. The molecule has 0 bridgehead atoms. The number of pyridine rings is 2. The van der Waals surface area contributed by atoms with Gasteiger partial charge in [0.1, 0.15) is 0 Å². The first-order valence-corrected chi connectivity index (χ1v) is 11.6. The molecule has 160 valence electrons. The van der Waals surface area contributed by atoms with Crippen molar-refractivity contribution >= 4 is 17.3 Å². The molecule has 1 saturated carbocycles. The molecule has 2 fully saturated rings. The summed E-state index contributed by atoms with van der Waals surface area (Å²) in [6.07, 6.45) is 10.8. The third kappa shape index (κ3) is 3.74. The molecule has 1 aliphatic carbocycles. The van der Waals surface area contributed by atoms with Gasteiger partial charge >= 0.3 is 0 Å². The number of aryl methyl sites for hydroxylation is 1. The fourth-order valence-electron chi connectivity index (χ4n) is 5.43. The Labute approximate surface area is 189 Å². The van der Waals surface area contributed by atoms with Gasteiger partial charge in [-0.25, -0.2) is 0 Å². The van der Waals surface area contributed by atoms with Gasteiger partial charge in [-0.15, -0.1) is 0 Å². The molecule has 5 nitrogen and oxygen atoms in total. The summed E-state index contributed by atoms with van der Waals surface area (Å²) in [5, 5.41) is 4.35. The van der Waals surface area contributed by atoms with Crippen molar-refractivity contribution in [3.8, 4) is 0 Å². The summed E-state index contributed by atoms with van der Waals surface area (Å²) in [6.45, 7) is 5.25. The van der Waals surface area contributed by atoms with Crippen LogP contribution in [0, 0.1) is 13.8 Å². The molecule has 1 aliphatic heterocycles. The third-order valence-corrected chi connectivity index (χ3v) is 7.16. The first-order valence-electron chi connectivity index (χ1n) is 11.2. The van der Waals surface area contributed by atoms with Crippen LogP contribution in [0.1, 0.15) is 72.0 Å². The molecule has 0 spiro atoms. The van der Waals surface area contributed by atoms with Crippen LogP contribution in [-0.2, 0) is 6.54 Å². The largest absolute Gasteiger partial charge is 0.352 e. The quantitative estimate of drug-likeness (QED) is 0.564. The number of aromatic nitrogens is 3. The van der Waals surface area contributed by atoms with E-state index in [0.717, 1.165) is 22.9 Å². The molecule has 2 unspecified atom stereocenters. The standard InChI is InChI=1S/C25H29N5S/c1-17-14-21(18(2)30(17)20-9-3-4-10-20)24-23(22-11-5-6-13-27-22)28-25(31)29(24)16-19-8-7-12-26-15-19/h5-8,11-15,20,23-24H,3-4,9-10,16H2,1-2H3,(H,28,31). The minimum absolute atomic E-state index is 0.0166. The Bertz CT molecular complexity index is 1060. The second kappa shape index (κ2) is 8.42. The molecule has 2 atom stereocenters. The van der Waals surface area contributed by atoms with E-state index in [1.165, 1.54) is 42.6 Å². The minimum Gasteiger partial charge on any atom is -0.352 e. The lowest BCUT2D eigenvalue weighted by atomic mass is 9.96. The SMILES string of the molecule is Cc1cc(C2C(c3ccccn3)NC(=S)N2Cc2cccnc2)c(C)n1C1CCCC1. The van der Waals surface area contributed by atoms with Gasteiger partial charge in [-0.1, -0.05) is 25.0 Å². The van der Waals surface area contributed by atoms with E-state index in [2.05, 4.69) is 62.9 Å². The molecule has 2 aliphatic rings. The summed E-state index contributed by atoms with van der Waals surface area (Å²) in [6, 6.07) is 13.3. The average molecular weight is 432 g/mol. The lowest BCUT2D eigenvalue weighted by Gasteiger charge is -2.28. The maximum absolute atomic E-state index is 5.84. The van der Waals surface area contributed by atoms with E-state index in [4.69, 9.17) is 12.2 Å². The van der Waals surface area contributed by atoms with Gasteiger partial charge in [0.15, 0.2) is 5.11 Å². The molecular weight excluding hydrogens is 402 g/mol. The van der Waals surface area contributed by atoms with Gasteiger partial charge in [0.05, 0.1) is 17.8 Å². The van der Waals surface area contributed by atoms with E-state index in [1.807, 2.05) is 30.7 Å². The van der Waals surface area contributed by atoms with E-state index < -0.39 is 0 Å². The van der Waals surface area contributed by atoms with Crippen LogP contribution < -0.4 is 5.32 Å². The van der Waals surface area contributed by atoms with Gasteiger partial charge < -0.3 is 14.8 Å². The van der Waals surface area contributed by atoms with Crippen molar-refractivity contribution in [1.29, 1.82) is 0 Å². The monoisotopic (exact) mass is 431 g/mol. The predicted molar refractivity (Wildman–Crippen MR) is 127 cm³/mol. The molecule has 3 aromatic rings. The van der Waals surface area contributed by atoms with Gasteiger partial charge in [-0.3, -0.25) is 9.97 Å². The zero-order chi connectivity index (χ0) is 21.4. The number of thiocarbonyl (C=S) groups is 1. The Kier molecular flexibility index (Phi) is 5.48. The molecule has 5 rings (SSSR count). The van der Waals surface area contributed by atoms with Crippen LogP contribution in [0.15, 0.2) is 55.0 Å². The lowest BCUT2D eigenvalue weighted by molar-refractivity contribution is 0.309. The fourth-order valence-corrected chi connectivity index (χ4v) is 5.73. The summed E-state index contributed by atoms with van der Waals surface area (Å²) >= 11 is 5.84. The molecule has 3 aromatic heterocycles. The highest BCUT2D eigenvalue weighted by Crippen LogP contribution is 2.43. The third-order valence-electron chi connectivity index (χ3n) is 6.81. The van der Waals surface area contributed by atoms with Crippen molar-refractivity contribution in [2.75, 3.05) is 0 Å². The van der Waals surface area contributed by atoms with Crippen LogP contribution >= 0.6 is 12.2 Å². The average Bonchev–Trinajstić information content (AvgIpc) is 3.49. The van der Waals surface area contributed by atoms with Gasteiger partial charge in [0.25, 0.3) is 0 Å². The number of nitrogens with zero attached hydrogens (tertiary/aromatic N) is 4. The van der Waals surface area contributed by atoms with Crippen molar-refractivity contribution in [3.05, 3.63) is 83.2 Å². The molecule has 4 heterocycles. The normalized spacial score (nSPS) is 21.6. The maximum Gasteiger partial charge on any atom is 0.170 e. The van der Waals surface area contributed by atoms with Crippen LogP contribution in [0.5, 0.6) is 0 Å². The zero-order valence-corrected chi connectivity index (χ0v) is 19.0. The second-order valence-electron chi connectivity index (χ2n) is 8.75. The van der Waals surface area contributed by atoms with Crippen molar-refractivity contribution < 1.29 is 0 Å². The number of hydrogen-bond donors (Lipinski definition) is 1. The molecule has 1 saturated heterocycles. The summed E-state index contributed by atoms with van der Waals surface area (Å²) in [4.78, 5) is 11.3. The van der Waals surface area contributed by atoms with Crippen LogP contribution in [0.25, 0.3) is 0 Å². The smallest absolute Gasteiger partial charge is 0.170 e. The van der Waals surface area contributed by atoms with Crippen molar-refractivity contribution in [3.63, 3.8) is 0 Å². The van der Waals surface area contributed by atoms with Crippen LogP contribution in [-0.4, -0.2) is 24.5 Å². The van der Waals surface area contributed by atoms with E-state index >= 15 is 0 Å². The highest BCUT2D eigenvalue weighted by molar-refractivity contribution is 7.80. The number of nitrogens with one attached hydrogen (secondary N) is 1. The summed E-state index contributed by atoms with van der Waals surface area (Å²) < 4.78 is 2.57. The zero-order valence-electron chi connectivity index (χ0n) is 18.2. The van der Waals surface area contributed by atoms with Crippen molar-refractivity contribution in [1.82, 2.24) is 24.8 Å². The van der Waals surface area contributed by atoms with Gasteiger partial charge in [-0.2, -0.15) is 0 Å². The predicted octanol–water partition coefficient (Wildman–Crippen LogP) is 5.18. The summed E-state index contributed by atoms with van der Waals surface area (Å²) in [5.74, 6) is 0. The molecule has 6 heteroatoms. The lowest BCUT2D eigenvalue weighted by Crippen LogP contribution is -2.29. The highest BCUT2D eigenvalue weighted by Gasteiger charge is 2.41. The Morgan fingerprint density at radius 3 is 2.65 bits per heavy atom. The molecule has 0 aromatic carbocycles. The van der Waals surface area contributed by atoms with Gasteiger partial charge in [-0.05, 0) is 74.3 Å². The van der Waals surface area contributed by atoms with Crippen LogP contribution in [0.4, 0.5) is 0 Å². The van der Waals surface area contributed by atoms with E-state index in [9.17, 15) is 0 Å². The molecule has 0 radical (unpaired) electrons. The fraction of sp³-hybridized carbons (Fsp3) is 0.400. The first kappa shape index (κ1) is 20.2. The van der Waals surface area contributed by atoms with E-state index in [-0.39, 0.29) is 12.1 Å². The van der Waals surface area contributed by atoms with Crippen LogP contribution in [0.3, 0.4) is 0 Å². The van der Waals surface area contributed by atoms with Crippen LogP contribution in [0.2, 0.25) is 0 Å². The van der Waals surface area contributed by atoms with Gasteiger partial charge in [0, 0.05) is 42.6 Å². The van der Waals surface area contributed by atoms with Gasteiger partial charge in [0.2, 0.25) is 0 Å².